The quantitative estimate of drug-likeness (QED) is 0.647. The van der Waals surface area contributed by atoms with Crippen LogP contribution >= 0.6 is 0 Å². The summed E-state index contributed by atoms with van der Waals surface area (Å²) < 4.78 is 0. The van der Waals surface area contributed by atoms with Crippen LogP contribution in [0.1, 0.15) is 5.56 Å². The second-order valence-corrected chi connectivity index (χ2v) is 4.30. The van der Waals surface area contributed by atoms with Gasteiger partial charge in [-0.1, -0.05) is 12.2 Å². The summed E-state index contributed by atoms with van der Waals surface area (Å²) in [7, 11) is 0. The Balaban J connectivity index is 1.86. The maximum atomic E-state index is 10.5. The number of benzene rings is 1. The van der Waals surface area contributed by atoms with Gasteiger partial charge in [0.05, 0.1) is 4.92 Å². The van der Waals surface area contributed by atoms with Gasteiger partial charge in [-0.25, -0.2) is 0 Å². The van der Waals surface area contributed by atoms with E-state index in [9.17, 15) is 10.1 Å². The molecule has 0 radical (unpaired) electrons. The van der Waals surface area contributed by atoms with Crippen molar-refractivity contribution in [2.45, 2.75) is 0 Å². The molecule has 1 heterocycles. The molecule has 96 valence electrons. The van der Waals surface area contributed by atoms with E-state index >= 15 is 0 Å². The van der Waals surface area contributed by atoms with Crippen LogP contribution in [0, 0.1) is 10.1 Å². The summed E-state index contributed by atoms with van der Waals surface area (Å²) in [6.45, 7) is 5.17. The number of nitrogens with zero attached hydrogens (tertiary/aromatic N) is 2. The zero-order valence-electron chi connectivity index (χ0n) is 10.2. The van der Waals surface area contributed by atoms with Crippen molar-refractivity contribution in [1.82, 2.24) is 10.2 Å². The minimum Gasteiger partial charge on any atom is -0.314 e. The number of hydrogen-bond donors (Lipinski definition) is 1. The molecule has 1 aliphatic rings. The molecule has 0 saturated carbocycles. The first-order valence-electron chi connectivity index (χ1n) is 6.10. The van der Waals surface area contributed by atoms with Crippen molar-refractivity contribution in [3.05, 3.63) is 46.0 Å². The topological polar surface area (TPSA) is 58.4 Å². The fraction of sp³-hybridized carbons (Fsp3) is 0.385. The molecular formula is C13H17N3O2. The third-order valence-electron chi connectivity index (χ3n) is 2.99. The molecule has 5 heteroatoms. The Kier molecular flexibility index (Phi) is 4.44. The Hall–Kier alpha value is -1.72. The van der Waals surface area contributed by atoms with E-state index in [-0.39, 0.29) is 10.6 Å². The summed E-state index contributed by atoms with van der Waals surface area (Å²) in [5, 5.41) is 13.8. The van der Waals surface area contributed by atoms with Crippen LogP contribution < -0.4 is 5.32 Å². The molecule has 0 aliphatic carbocycles. The third-order valence-corrected chi connectivity index (χ3v) is 2.99. The van der Waals surface area contributed by atoms with Crippen molar-refractivity contribution < 1.29 is 4.92 Å². The van der Waals surface area contributed by atoms with E-state index in [1.165, 1.54) is 12.1 Å². The highest BCUT2D eigenvalue weighted by Gasteiger charge is 2.06. The molecule has 1 aliphatic heterocycles. The standard InChI is InChI=1S/C13H17N3O2/c17-16(18)13-5-3-12(4-6-13)2-1-9-15-10-7-14-8-11-15/h1-6,14H,7-11H2. The van der Waals surface area contributed by atoms with Crippen LogP contribution in [-0.2, 0) is 0 Å². The monoisotopic (exact) mass is 247 g/mol. The van der Waals surface area contributed by atoms with E-state index in [0.29, 0.717) is 0 Å². The average Bonchev–Trinajstić information content (AvgIpc) is 2.40. The Labute approximate surface area is 106 Å². The van der Waals surface area contributed by atoms with Crippen molar-refractivity contribution >= 4 is 11.8 Å². The number of rotatable bonds is 4. The van der Waals surface area contributed by atoms with Crippen LogP contribution in [0.3, 0.4) is 0 Å². The molecule has 5 nitrogen and oxygen atoms in total. The molecule has 0 bridgehead atoms. The van der Waals surface area contributed by atoms with Crippen LogP contribution in [0.5, 0.6) is 0 Å². The summed E-state index contributed by atoms with van der Waals surface area (Å²) >= 11 is 0. The highest BCUT2D eigenvalue weighted by Crippen LogP contribution is 2.12. The van der Waals surface area contributed by atoms with Crippen molar-refractivity contribution in [1.29, 1.82) is 0 Å². The lowest BCUT2D eigenvalue weighted by Crippen LogP contribution is -2.43. The lowest BCUT2D eigenvalue weighted by atomic mass is 10.2. The van der Waals surface area contributed by atoms with Gasteiger partial charge >= 0.3 is 0 Å². The van der Waals surface area contributed by atoms with Gasteiger partial charge in [0.15, 0.2) is 0 Å². The minimum atomic E-state index is -0.381. The predicted molar refractivity (Wildman–Crippen MR) is 71.4 cm³/mol. The molecular weight excluding hydrogens is 230 g/mol. The molecule has 1 saturated heterocycles. The first-order valence-corrected chi connectivity index (χ1v) is 6.10. The second-order valence-electron chi connectivity index (χ2n) is 4.30. The van der Waals surface area contributed by atoms with E-state index < -0.39 is 0 Å². The largest absolute Gasteiger partial charge is 0.314 e. The Morgan fingerprint density at radius 1 is 1.28 bits per heavy atom. The molecule has 0 unspecified atom stereocenters. The number of piperazine rings is 1. The molecule has 0 amide bonds. The van der Waals surface area contributed by atoms with E-state index in [1.54, 1.807) is 12.1 Å². The van der Waals surface area contributed by atoms with Crippen LogP contribution in [-0.4, -0.2) is 42.5 Å². The predicted octanol–water partition coefficient (Wildman–Crippen LogP) is 1.51. The zero-order chi connectivity index (χ0) is 12.8. The maximum absolute atomic E-state index is 10.5. The van der Waals surface area contributed by atoms with E-state index in [0.717, 1.165) is 38.3 Å². The van der Waals surface area contributed by atoms with E-state index in [4.69, 9.17) is 0 Å². The summed E-state index contributed by atoms with van der Waals surface area (Å²) in [4.78, 5) is 12.5. The smallest absolute Gasteiger partial charge is 0.269 e. The lowest BCUT2D eigenvalue weighted by molar-refractivity contribution is -0.384. The SMILES string of the molecule is O=[N+]([O-])c1ccc(C=CCN2CCNCC2)cc1. The number of nitro groups is 1. The summed E-state index contributed by atoms with van der Waals surface area (Å²) in [6, 6.07) is 6.60. The second kappa shape index (κ2) is 6.28. The molecule has 1 aromatic carbocycles. The van der Waals surface area contributed by atoms with Gasteiger partial charge in [0.25, 0.3) is 5.69 Å². The van der Waals surface area contributed by atoms with E-state index in [2.05, 4.69) is 16.3 Å². The first-order chi connectivity index (χ1) is 8.75. The van der Waals surface area contributed by atoms with Gasteiger partial charge in [-0.3, -0.25) is 15.0 Å². The van der Waals surface area contributed by atoms with Crippen molar-refractivity contribution in [3.8, 4) is 0 Å². The molecule has 1 fully saturated rings. The molecule has 0 spiro atoms. The van der Waals surface area contributed by atoms with Crippen molar-refractivity contribution in [2.75, 3.05) is 32.7 Å². The zero-order valence-corrected chi connectivity index (χ0v) is 10.2. The fourth-order valence-electron chi connectivity index (χ4n) is 1.94. The van der Waals surface area contributed by atoms with Crippen molar-refractivity contribution in [3.63, 3.8) is 0 Å². The van der Waals surface area contributed by atoms with Crippen LogP contribution in [0.4, 0.5) is 5.69 Å². The molecule has 1 N–H and O–H groups in total. The minimum absolute atomic E-state index is 0.134. The summed E-state index contributed by atoms with van der Waals surface area (Å²) in [5.74, 6) is 0. The van der Waals surface area contributed by atoms with Crippen LogP contribution in [0.15, 0.2) is 30.3 Å². The van der Waals surface area contributed by atoms with Gasteiger partial charge in [-0.2, -0.15) is 0 Å². The normalized spacial score (nSPS) is 17.1. The molecule has 2 rings (SSSR count). The van der Waals surface area contributed by atoms with Crippen molar-refractivity contribution in [2.24, 2.45) is 0 Å². The summed E-state index contributed by atoms with van der Waals surface area (Å²) in [5.41, 5.74) is 1.13. The van der Waals surface area contributed by atoms with E-state index in [1.807, 2.05) is 6.08 Å². The van der Waals surface area contributed by atoms with Gasteiger partial charge in [-0.05, 0) is 17.7 Å². The molecule has 1 aromatic rings. The molecule has 0 aromatic heterocycles. The molecule has 0 atom stereocenters. The van der Waals surface area contributed by atoms with Gasteiger partial charge < -0.3 is 5.32 Å². The first kappa shape index (κ1) is 12.7. The average molecular weight is 247 g/mol. The fourth-order valence-corrected chi connectivity index (χ4v) is 1.94. The molecule has 18 heavy (non-hydrogen) atoms. The highest BCUT2D eigenvalue weighted by atomic mass is 16.6. The number of nitro benzene ring substituents is 1. The lowest BCUT2D eigenvalue weighted by Gasteiger charge is -2.25. The maximum Gasteiger partial charge on any atom is 0.269 e. The number of hydrogen-bond acceptors (Lipinski definition) is 4. The van der Waals surface area contributed by atoms with Gasteiger partial charge in [0, 0.05) is 44.9 Å². The van der Waals surface area contributed by atoms with Gasteiger partial charge in [0.2, 0.25) is 0 Å². The number of non-ortho nitro benzene ring substituents is 1. The van der Waals surface area contributed by atoms with Crippen LogP contribution in [0.25, 0.3) is 6.08 Å². The Morgan fingerprint density at radius 2 is 1.94 bits per heavy atom. The van der Waals surface area contributed by atoms with Gasteiger partial charge in [-0.15, -0.1) is 0 Å². The van der Waals surface area contributed by atoms with Gasteiger partial charge in [0.1, 0.15) is 0 Å². The summed E-state index contributed by atoms with van der Waals surface area (Å²) in [6.07, 6.45) is 4.11. The Bertz CT molecular complexity index is 422. The van der Waals surface area contributed by atoms with Crippen LogP contribution in [0.2, 0.25) is 0 Å². The Morgan fingerprint density at radius 3 is 2.56 bits per heavy atom. The highest BCUT2D eigenvalue weighted by molar-refractivity contribution is 5.51. The number of nitrogens with one attached hydrogen (secondary N) is 1. The third kappa shape index (κ3) is 3.65.